The quantitative estimate of drug-likeness (QED) is 0.394. The predicted octanol–water partition coefficient (Wildman–Crippen LogP) is 3.08. The minimum atomic E-state index is -3.75. The number of likely N-dealkylation sites (tertiary alicyclic amines) is 1. The number of aromatic nitrogens is 2. The molecule has 2 aromatic carbocycles. The third-order valence-corrected chi connectivity index (χ3v) is 8.85. The molecule has 38 heavy (non-hydrogen) atoms. The van der Waals surface area contributed by atoms with Gasteiger partial charge in [0.2, 0.25) is 15.9 Å². The first-order valence-electron chi connectivity index (χ1n) is 12.7. The number of likely N-dealkylation sites (N-methyl/N-ethyl adjacent to an activating group) is 1. The molecule has 1 aliphatic heterocycles. The lowest BCUT2D eigenvalue weighted by molar-refractivity contribution is 0.0914. The fourth-order valence-electron chi connectivity index (χ4n) is 4.71. The van der Waals surface area contributed by atoms with Gasteiger partial charge in [0.15, 0.2) is 0 Å². The first-order valence-corrected chi connectivity index (χ1v) is 14.1. The zero-order valence-corrected chi connectivity index (χ0v) is 23.2. The predicted molar refractivity (Wildman–Crippen MR) is 142 cm³/mol. The van der Waals surface area contributed by atoms with Gasteiger partial charge in [0.1, 0.15) is 5.75 Å². The van der Waals surface area contributed by atoms with Crippen LogP contribution < -0.4 is 10.1 Å². The van der Waals surface area contributed by atoms with Crippen molar-refractivity contribution >= 4 is 15.9 Å². The van der Waals surface area contributed by atoms with Gasteiger partial charge >= 0.3 is 11.8 Å². The van der Waals surface area contributed by atoms with Gasteiger partial charge in [0.05, 0.1) is 12.0 Å². The van der Waals surface area contributed by atoms with E-state index in [1.165, 1.54) is 29.8 Å². The second-order valence-electron chi connectivity index (χ2n) is 9.65. The molecule has 0 spiro atoms. The Hall–Kier alpha value is -3.28. The van der Waals surface area contributed by atoms with E-state index in [4.69, 9.17) is 9.15 Å². The fourth-order valence-corrected chi connectivity index (χ4v) is 6.28. The molecule has 1 amide bonds. The van der Waals surface area contributed by atoms with Crippen molar-refractivity contribution in [3.05, 3.63) is 70.4 Å². The number of ether oxygens (including phenoxy) is 1. The lowest BCUT2D eigenvalue weighted by Crippen LogP contribution is -2.30. The number of sulfonamides is 1. The van der Waals surface area contributed by atoms with Crippen LogP contribution in [0, 0.1) is 13.8 Å². The summed E-state index contributed by atoms with van der Waals surface area (Å²) in [6.45, 7) is 7.10. The van der Waals surface area contributed by atoms with E-state index < -0.39 is 15.9 Å². The molecule has 0 radical (unpaired) electrons. The molecular weight excluding hydrogens is 506 g/mol. The first kappa shape index (κ1) is 27.7. The molecule has 0 bridgehead atoms. The number of benzene rings is 2. The number of amides is 1. The number of nitrogens with one attached hydrogen (secondary N) is 1. The Bertz CT molecular complexity index is 1360. The van der Waals surface area contributed by atoms with Crippen molar-refractivity contribution in [1.82, 2.24) is 24.7 Å². The summed E-state index contributed by atoms with van der Waals surface area (Å²) in [5, 5.41) is 10.6. The van der Waals surface area contributed by atoms with Gasteiger partial charge in [-0.05, 0) is 74.2 Å². The van der Waals surface area contributed by atoms with Gasteiger partial charge in [0, 0.05) is 33.1 Å². The first-order chi connectivity index (χ1) is 18.2. The van der Waals surface area contributed by atoms with Crippen LogP contribution in [0.25, 0.3) is 0 Å². The minimum Gasteiger partial charge on any atom is -0.497 e. The van der Waals surface area contributed by atoms with E-state index in [0.717, 1.165) is 25.2 Å². The summed E-state index contributed by atoms with van der Waals surface area (Å²) >= 11 is 0. The lowest BCUT2D eigenvalue weighted by Gasteiger charge is -2.20. The molecule has 0 aliphatic carbocycles. The summed E-state index contributed by atoms with van der Waals surface area (Å²) in [6, 6.07) is 11.6. The minimum absolute atomic E-state index is 0.111. The molecule has 11 heteroatoms. The van der Waals surface area contributed by atoms with Crippen LogP contribution in [0.15, 0.2) is 45.7 Å². The number of rotatable bonds is 11. The molecule has 2 heterocycles. The molecule has 10 nitrogen and oxygen atoms in total. The Morgan fingerprint density at radius 2 is 1.79 bits per heavy atom. The second kappa shape index (κ2) is 12.1. The fraction of sp³-hybridized carbons (Fsp3) is 0.444. The molecule has 1 saturated heterocycles. The van der Waals surface area contributed by atoms with Crippen molar-refractivity contribution in [1.29, 1.82) is 0 Å². The van der Waals surface area contributed by atoms with Crippen LogP contribution >= 0.6 is 0 Å². The Kier molecular flexibility index (Phi) is 8.80. The largest absolute Gasteiger partial charge is 0.497 e. The van der Waals surface area contributed by atoms with E-state index in [1.54, 1.807) is 33.1 Å². The highest BCUT2D eigenvalue weighted by Crippen LogP contribution is 2.27. The van der Waals surface area contributed by atoms with Crippen LogP contribution in [0.5, 0.6) is 5.75 Å². The summed E-state index contributed by atoms with van der Waals surface area (Å²) in [4.78, 5) is 15.2. The van der Waals surface area contributed by atoms with Gasteiger partial charge in [0.25, 0.3) is 0 Å². The van der Waals surface area contributed by atoms with Crippen LogP contribution in [0.4, 0.5) is 0 Å². The smallest absolute Gasteiger partial charge is 0.309 e. The van der Waals surface area contributed by atoms with E-state index >= 15 is 0 Å². The number of carbonyl (C=O) groups is 1. The Balaban J connectivity index is 1.31. The molecule has 0 saturated carbocycles. The average molecular weight is 542 g/mol. The average Bonchev–Trinajstić information content (AvgIpc) is 3.58. The highest BCUT2D eigenvalue weighted by molar-refractivity contribution is 7.89. The van der Waals surface area contributed by atoms with E-state index in [9.17, 15) is 13.2 Å². The highest BCUT2D eigenvalue weighted by atomic mass is 32.2. The van der Waals surface area contributed by atoms with Crippen LogP contribution in [-0.4, -0.2) is 67.5 Å². The standard InChI is InChI=1S/C27H35N5O5S/c1-19-14-23(36-4)15-20(2)25(19)38(34,35)31(3)13-10-24-29-30-27(37-24)26(33)28-17-21-8-7-9-22(16-21)18-32-11-5-6-12-32/h7-9,14-16H,5-6,10-13,17-18H2,1-4H3,(H,28,33). The number of methoxy groups -OCH3 is 1. The van der Waals surface area contributed by atoms with Crippen LogP contribution in [-0.2, 0) is 29.5 Å². The number of nitrogens with zero attached hydrogens (tertiary/aromatic N) is 4. The van der Waals surface area contributed by atoms with Crippen LogP contribution in [0.2, 0.25) is 0 Å². The summed E-state index contributed by atoms with van der Waals surface area (Å²) in [6.07, 6.45) is 2.66. The number of aryl methyl sites for hydroxylation is 2. The maximum Gasteiger partial charge on any atom is 0.309 e. The van der Waals surface area contributed by atoms with Gasteiger partial charge in [-0.15, -0.1) is 10.2 Å². The molecule has 0 atom stereocenters. The summed E-state index contributed by atoms with van der Waals surface area (Å²) in [7, 11) is -0.707. The maximum atomic E-state index is 13.2. The van der Waals surface area contributed by atoms with Gasteiger partial charge in [-0.1, -0.05) is 24.3 Å². The summed E-state index contributed by atoms with van der Waals surface area (Å²) in [5.41, 5.74) is 3.42. The summed E-state index contributed by atoms with van der Waals surface area (Å²) in [5.74, 6) is 0.167. The normalized spacial score (nSPS) is 14.2. The van der Waals surface area contributed by atoms with Crippen molar-refractivity contribution in [3.8, 4) is 5.75 Å². The second-order valence-corrected chi connectivity index (χ2v) is 11.6. The van der Waals surface area contributed by atoms with E-state index in [2.05, 4.69) is 32.5 Å². The molecule has 4 rings (SSSR count). The zero-order valence-electron chi connectivity index (χ0n) is 22.4. The van der Waals surface area contributed by atoms with Crippen molar-refractivity contribution in [2.45, 2.75) is 51.1 Å². The van der Waals surface area contributed by atoms with Crippen LogP contribution in [0.3, 0.4) is 0 Å². The molecule has 1 fully saturated rings. The number of carbonyl (C=O) groups excluding carboxylic acids is 1. The topological polar surface area (TPSA) is 118 Å². The summed E-state index contributed by atoms with van der Waals surface area (Å²) < 4.78 is 38.4. The van der Waals surface area contributed by atoms with Gasteiger partial charge in [-0.3, -0.25) is 9.69 Å². The van der Waals surface area contributed by atoms with E-state index in [0.29, 0.717) is 23.4 Å². The van der Waals surface area contributed by atoms with Crippen molar-refractivity contribution in [3.63, 3.8) is 0 Å². The van der Waals surface area contributed by atoms with Crippen LogP contribution in [0.1, 0.15) is 51.7 Å². The third kappa shape index (κ3) is 6.58. The van der Waals surface area contributed by atoms with Crippen molar-refractivity contribution < 1.29 is 22.4 Å². The molecular formula is C27H35N5O5S. The Morgan fingerprint density at radius 1 is 1.11 bits per heavy atom. The molecule has 0 unspecified atom stereocenters. The van der Waals surface area contributed by atoms with Crippen molar-refractivity contribution in [2.24, 2.45) is 0 Å². The third-order valence-electron chi connectivity index (χ3n) is 6.69. The Labute approximate surface area is 224 Å². The SMILES string of the molecule is COc1cc(C)c(S(=O)(=O)N(C)CCc2nnc(C(=O)NCc3cccc(CN4CCCC4)c3)o2)c(C)c1. The maximum absolute atomic E-state index is 13.2. The van der Waals surface area contributed by atoms with Gasteiger partial charge in [-0.2, -0.15) is 0 Å². The molecule has 1 N–H and O–H groups in total. The highest BCUT2D eigenvalue weighted by Gasteiger charge is 2.26. The van der Waals surface area contributed by atoms with E-state index in [-0.39, 0.29) is 29.6 Å². The Morgan fingerprint density at radius 3 is 2.47 bits per heavy atom. The van der Waals surface area contributed by atoms with E-state index in [1.807, 2.05) is 12.1 Å². The van der Waals surface area contributed by atoms with Crippen molar-refractivity contribution in [2.75, 3.05) is 33.8 Å². The molecule has 204 valence electrons. The zero-order chi connectivity index (χ0) is 27.3. The number of hydrogen-bond acceptors (Lipinski definition) is 8. The van der Waals surface area contributed by atoms with Gasteiger partial charge < -0.3 is 14.5 Å². The molecule has 1 aliphatic rings. The molecule has 1 aromatic heterocycles. The van der Waals surface area contributed by atoms with Gasteiger partial charge in [-0.25, -0.2) is 12.7 Å². The lowest BCUT2D eigenvalue weighted by atomic mass is 10.1. The molecule has 3 aromatic rings. The monoisotopic (exact) mass is 541 g/mol. The number of hydrogen-bond donors (Lipinski definition) is 1.